The summed E-state index contributed by atoms with van der Waals surface area (Å²) in [5.74, 6) is -0.0487. The molecule has 0 saturated heterocycles. The van der Waals surface area contributed by atoms with E-state index in [0.717, 1.165) is 12.0 Å². The molecule has 0 fully saturated rings. The Morgan fingerprint density at radius 1 is 1.00 bits per heavy atom. The smallest absolute Gasteiger partial charge is 0.262 e. The van der Waals surface area contributed by atoms with E-state index in [0.29, 0.717) is 5.82 Å². The van der Waals surface area contributed by atoms with E-state index in [1.807, 2.05) is 6.08 Å². The predicted molar refractivity (Wildman–Crippen MR) is 113 cm³/mol. The van der Waals surface area contributed by atoms with Crippen LogP contribution in [0.15, 0.2) is 47.0 Å². The van der Waals surface area contributed by atoms with Crippen molar-refractivity contribution in [1.29, 1.82) is 0 Å². The Hall–Kier alpha value is -2.46. The van der Waals surface area contributed by atoms with E-state index < -0.39 is 5.82 Å². The Morgan fingerprint density at radius 2 is 1.79 bits per heavy atom. The molecule has 0 aliphatic rings. The van der Waals surface area contributed by atoms with Crippen LogP contribution >= 0.6 is 11.6 Å². The molecule has 3 aromatic rings. The molecule has 0 radical (unpaired) electrons. The van der Waals surface area contributed by atoms with Crippen LogP contribution in [0, 0.1) is 5.82 Å². The summed E-state index contributed by atoms with van der Waals surface area (Å²) in [7, 11) is 0. The maximum Gasteiger partial charge on any atom is 0.262 e. The summed E-state index contributed by atoms with van der Waals surface area (Å²) in [6.45, 7) is 2.23. The van der Waals surface area contributed by atoms with E-state index >= 15 is 0 Å². The summed E-state index contributed by atoms with van der Waals surface area (Å²) < 4.78 is 19.1. The molecule has 0 aliphatic carbocycles. The van der Waals surface area contributed by atoms with E-state index in [1.165, 1.54) is 49.8 Å². The first-order chi connectivity index (χ1) is 13.7. The zero-order valence-corrected chi connectivity index (χ0v) is 16.8. The van der Waals surface area contributed by atoms with E-state index in [-0.39, 0.29) is 16.5 Å². The fourth-order valence-electron chi connectivity index (χ4n) is 3.01. The number of hydrogen-bond acceptors (Lipinski definition) is 3. The maximum atomic E-state index is 14.0. The zero-order valence-electron chi connectivity index (χ0n) is 16.0. The average molecular weight is 399 g/mol. The number of benzene rings is 2. The SMILES string of the molecule is CCCCCCCc1ccc(/C=C/c2noc(-c3c(F)cccc3Cl)n2)cc1. The monoisotopic (exact) mass is 398 g/mol. The summed E-state index contributed by atoms with van der Waals surface area (Å²) in [6.07, 6.45) is 11.2. The molecule has 1 aromatic heterocycles. The minimum atomic E-state index is -0.489. The van der Waals surface area contributed by atoms with E-state index in [9.17, 15) is 4.39 Å². The number of hydrogen-bond donors (Lipinski definition) is 0. The van der Waals surface area contributed by atoms with Gasteiger partial charge in [0.25, 0.3) is 5.89 Å². The first-order valence-electron chi connectivity index (χ1n) is 9.72. The number of nitrogens with zero attached hydrogens (tertiary/aromatic N) is 2. The van der Waals surface area contributed by atoms with E-state index in [4.69, 9.17) is 16.1 Å². The van der Waals surface area contributed by atoms with Crippen LogP contribution < -0.4 is 0 Å². The van der Waals surface area contributed by atoms with Crippen molar-refractivity contribution in [3.05, 3.63) is 70.3 Å². The van der Waals surface area contributed by atoms with Crippen LogP contribution in [0.5, 0.6) is 0 Å². The first-order valence-corrected chi connectivity index (χ1v) is 10.1. The third-order valence-electron chi connectivity index (χ3n) is 4.59. The number of aromatic nitrogens is 2. The summed E-state index contributed by atoms with van der Waals surface area (Å²) in [6, 6.07) is 12.9. The van der Waals surface area contributed by atoms with Gasteiger partial charge in [0.15, 0.2) is 5.82 Å². The van der Waals surface area contributed by atoms with E-state index in [1.54, 1.807) is 12.1 Å². The Kier molecular flexibility index (Phi) is 7.38. The van der Waals surface area contributed by atoms with Gasteiger partial charge in [-0.15, -0.1) is 0 Å². The van der Waals surface area contributed by atoms with Crippen LogP contribution in [0.3, 0.4) is 0 Å². The molecule has 0 saturated carbocycles. The molecule has 0 bridgehead atoms. The van der Waals surface area contributed by atoms with Gasteiger partial charge >= 0.3 is 0 Å². The number of rotatable bonds is 9. The molecule has 0 spiro atoms. The third kappa shape index (κ3) is 5.52. The molecular formula is C23H24ClFN2O. The van der Waals surface area contributed by atoms with Crippen LogP contribution in [-0.2, 0) is 6.42 Å². The van der Waals surface area contributed by atoms with Crippen LogP contribution in [0.4, 0.5) is 4.39 Å². The lowest BCUT2D eigenvalue weighted by molar-refractivity contribution is 0.426. The van der Waals surface area contributed by atoms with Crippen LogP contribution in [0.1, 0.15) is 56.0 Å². The van der Waals surface area contributed by atoms with Gasteiger partial charge in [0, 0.05) is 0 Å². The Labute approximate surface area is 170 Å². The molecule has 3 rings (SSSR count). The number of aryl methyl sites for hydroxylation is 1. The van der Waals surface area contributed by atoms with Gasteiger partial charge in [-0.25, -0.2) is 4.39 Å². The Bertz CT molecular complexity index is 898. The van der Waals surface area contributed by atoms with Crippen molar-refractivity contribution in [1.82, 2.24) is 10.1 Å². The lowest BCUT2D eigenvalue weighted by Gasteiger charge is -2.02. The van der Waals surface area contributed by atoms with Gasteiger partial charge in [-0.2, -0.15) is 4.98 Å². The van der Waals surface area contributed by atoms with Gasteiger partial charge in [-0.3, -0.25) is 0 Å². The average Bonchev–Trinajstić information content (AvgIpc) is 3.15. The highest BCUT2D eigenvalue weighted by Crippen LogP contribution is 2.29. The van der Waals surface area contributed by atoms with Gasteiger partial charge in [-0.1, -0.05) is 85.8 Å². The Morgan fingerprint density at radius 3 is 2.54 bits per heavy atom. The maximum absolute atomic E-state index is 14.0. The molecule has 0 atom stereocenters. The highest BCUT2D eigenvalue weighted by molar-refractivity contribution is 6.33. The van der Waals surface area contributed by atoms with Gasteiger partial charge < -0.3 is 4.52 Å². The standard InChI is InChI=1S/C23H24ClFN2O/c1-2-3-4-5-6-8-17-11-13-18(14-12-17)15-16-21-26-23(28-27-21)22-19(24)9-7-10-20(22)25/h7,9-16H,2-6,8H2,1H3/b16-15+. The van der Waals surface area contributed by atoms with Gasteiger partial charge in [0.1, 0.15) is 5.82 Å². The largest absolute Gasteiger partial charge is 0.333 e. The normalized spacial score (nSPS) is 11.4. The van der Waals surface area contributed by atoms with Crippen LogP contribution in [-0.4, -0.2) is 10.1 Å². The minimum Gasteiger partial charge on any atom is -0.333 e. The lowest BCUT2D eigenvalue weighted by Crippen LogP contribution is -1.86. The molecule has 1 heterocycles. The van der Waals surface area contributed by atoms with Gasteiger partial charge in [-0.05, 0) is 42.2 Å². The van der Waals surface area contributed by atoms with Crippen molar-refractivity contribution in [2.75, 3.05) is 0 Å². The zero-order chi connectivity index (χ0) is 19.8. The molecule has 0 amide bonds. The summed E-state index contributed by atoms with van der Waals surface area (Å²) in [4.78, 5) is 4.21. The second kappa shape index (κ2) is 10.2. The van der Waals surface area contributed by atoms with Crippen molar-refractivity contribution >= 4 is 23.8 Å². The summed E-state index contributed by atoms with van der Waals surface area (Å²) >= 11 is 6.04. The molecule has 2 aromatic carbocycles. The van der Waals surface area contributed by atoms with Crippen molar-refractivity contribution in [2.24, 2.45) is 0 Å². The second-order valence-electron chi connectivity index (χ2n) is 6.79. The summed E-state index contributed by atoms with van der Waals surface area (Å²) in [5, 5.41) is 4.11. The minimum absolute atomic E-state index is 0.0705. The van der Waals surface area contributed by atoms with Crippen LogP contribution in [0.2, 0.25) is 5.02 Å². The quantitative estimate of drug-likeness (QED) is 0.357. The fraction of sp³-hybridized carbons (Fsp3) is 0.304. The predicted octanol–water partition coefficient (Wildman–Crippen LogP) is 7.21. The highest BCUT2D eigenvalue weighted by atomic mass is 35.5. The number of unbranched alkanes of at least 4 members (excludes halogenated alkanes) is 4. The van der Waals surface area contributed by atoms with Crippen molar-refractivity contribution in [3.8, 4) is 11.5 Å². The fourth-order valence-corrected chi connectivity index (χ4v) is 3.25. The van der Waals surface area contributed by atoms with E-state index in [2.05, 4.69) is 41.3 Å². The number of halogens is 2. The molecule has 5 heteroatoms. The van der Waals surface area contributed by atoms with Gasteiger partial charge in [0.2, 0.25) is 0 Å². The molecule has 3 nitrogen and oxygen atoms in total. The second-order valence-corrected chi connectivity index (χ2v) is 7.20. The topological polar surface area (TPSA) is 38.9 Å². The molecule has 0 unspecified atom stereocenters. The molecule has 0 N–H and O–H groups in total. The Balaban J connectivity index is 1.59. The summed E-state index contributed by atoms with van der Waals surface area (Å²) in [5.41, 5.74) is 2.52. The van der Waals surface area contributed by atoms with Crippen LogP contribution in [0.25, 0.3) is 23.6 Å². The highest BCUT2D eigenvalue weighted by Gasteiger charge is 2.15. The molecular weight excluding hydrogens is 375 g/mol. The third-order valence-corrected chi connectivity index (χ3v) is 4.91. The lowest BCUT2D eigenvalue weighted by atomic mass is 10.0. The van der Waals surface area contributed by atoms with Gasteiger partial charge in [0.05, 0.1) is 10.6 Å². The van der Waals surface area contributed by atoms with Crippen molar-refractivity contribution in [2.45, 2.75) is 45.4 Å². The molecule has 146 valence electrons. The molecule has 28 heavy (non-hydrogen) atoms. The first kappa shape index (κ1) is 20.3. The van der Waals surface area contributed by atoms with Crippen molar-refractivity contribution < 1.29 is 8.91 Å². The van der Waals surface area contributed by atoms with Crippen molar-refractivity contribution in [3.63, 3.8) is 0 Å². The molecule has 0 aliphatic heterocycles.